The maximum Gasteiger partial charge on any atom is 0.127 e. The van der Waals surface area contributed by atoms with Gasteiger partial charge in [-0.25, -0.2) is 4.98 Å². The lowest BCUT2D eigenvalue weighted by Gasteiger charge is -2.08. The fraction of sp³-hybridized carbons (Fsp3) is 0.214. The van der Waals surface area contributed by atoms with Crippen molar-refractivity contribution in [2.24, 2.45) is 0 Å². The molecule has 0 spiro atoms. The summed E-state index contributed by atoms with van der Waals surface area (Å²) in [5.74, 6) is 0.883. The first-order valence-corrected chi connectivity index (χ1v) is 6.34. The van der Waals surface area contributed by atoms with E-state index in [-0.39, 0.29) is 0 Å². The molecular formula is C14H16ClN3. The van der Waals surface area contributed by atoms with Crippen molar-refractivity contribution in [3.63, 3.8) is 0 Å². The van der Waals surface area contributed by atoms with Gasteiger partial charge in [-0.2, -0.15) is 0 Å². The SMILES string of the molecule is CCNc1cc(NCc2cccc(Cl)c2)ccn1. The molecule has 4 heteroatoms. The average molecular weight is 262 g/mol. The quantitative estimate of drug-likeness (QED) is 0.860. The highest BCUT2D eigenvalue weighted by Gasteiger charge is 1.97. The molecule has 1 heterocycles. The van der Waals surface area contributed by atoms with Gasteiger partial charge in [0, 0.05) is 36.1 Å². The van der Waals surface area contributed by atoms with Crippen LogP contribution in [0.2, 0.25) is 5.02 Å². The maximum absolute atomic E-state index is 5.95. The molecule has 94 valence electrons. The van der Waals surface area contributed by atoms with Gasteiger partial charge >= 0.3 is 0 Å². The Bertz CT molecular complexity index is 514. The monoisotopic (exact) mass is 261 g/mol. The standard InChI is InChI=1S/C14H16ClN3/c1-2-16-14-9-13(6-7-17-14)18-10-11-4-3-5-12(15)8-11/h3-9H,2,10H2,1H3,(H2,16,17,18). The smallest absolute Gasteiger partial charge is 0.127 e. The fourth-order valence-corrected chi connectivity index (χ4v) is 1.88. The fourth-order valence-electron chi connectivity index (χ4n) is 1.67. The summed E-state index contributed by atoms with van der Waals surface area (Å²) < 4.78 is 0. The summed E-state index contributed by atoms with van der Waals surface area (Å²) in [6.07, 6.45) is 1.79. The number of hydrogen-bond donors (Lipinski definition) is 2. The van der Waals surface area contributed by atoms with E-state index in [0.29, 0.717) is 0 Å². The van der Waals surface area contributed by atoms with E-state index in [0.717, 1.165) is 35.2 Å². The molecule has 3 nitrogen and oxygen atoms in total. The second-order valence-corrected chi connectivity index (χ2v) is 4.38. The predicted molar refractivity (Wildman–Crippen MR) is 77.2 cm³/mol. The second kappa shape index (κ2) is 6.26. The number of halogens is 1. The van der Waals surface area contributed by atoms with Crippen molar-refractivity contribution in [2.45, 2.75) is 13.5 Å². The van der Waals surface area contributed by atoms with Crippen molar-refractivity contribution >= 4 is 23.1 Å². The molecule has 0 aliphatic carbocycles. The molecule has 0 unspecified atom stereocenters. The molecule has 0 bridgehead atoms. The van der Waals surface area contributed by atoms with Crippen molar-refractivity contribution in [3.8, 4) is 0 Å². The number of rotatable bonds is 5. The number of benzene rings is 1. The Hall–Kier alpha value is -1.74. The molecule has 2 aromatic rings. The van der Waals surface area contributed by atoms with Crippen LogP contribution in [0.4, 0.5) is 11.5 Å². The van der Waals surface area contributed by atoms with Gasteiger partial charge in [-0.15, -0.1) is 0 Å². The molecule has 1 aromatic heterocycles. The van der Waals surface area contributed by atoms with Crippen molar-refractivity contribution in [2.75, 3.05) is 17.2 Å². The lowest BCUT2D eigenvalue weighted by atomic mass is 10.2. The van der Waals surface area contributed by atoms with Crippen LogP contribution in [0.3, 0.4) is 0 Å². The van der Waals surface area contributed by atoms with E-state index in [4.69, 9.17) is 11.6 Å². The van der Waals surface area contributed by atoms with Crippen LogP contribution in [0.5, 0.6) is 0 Å². The Balaban J connectivity index is 1.99. The van der Waals surface area contributed by atoms with E-state index in [1.165, 1.54) is 0 Å². The largest absolute Gasteiger partial charge is 0.381 e. The zero-order chi connectivity index (χ0) is 12.8. The minimum Gasteiger partial charge on any atom is -0.381 e. The lowest BCUT2D eigenvalue weighted by Crippen LogP contribution is -2.02. The molecule has 0 atom stereocenters. The Morgan fingerprint density at radius 1 is 1.17 bits per heavy atom. The van der Waals surface area contributed by atoms with Gasteiger partial charge in [0.1, 0.15) is 5.82 Å². The summed E-state index contributed by atoms with van der Waals surface area (Å²) in [7, 11) is 0. The van der Waals surface area contributed by atoms with Crippen LogP contribution in [0.25, 0.3) is 0 Å². The van der Waals surface area contributed by atoms with Gasteiger partial charge in [0.15, 0.2) is 0 Å². The van der Waals surface area contributed by atoms with Crippen LogP contribution in [0.15, 0.2) is 42.6 Å². The first kappa shape index (κ1) is 12.7. The summed E-state index contributed by atoms with van der Waals surface area (Å²) in [5.41, 5.74) is 2.20. The van der Waals surface area contributed by atoms with E-state index in [1.807, 2.05) is 43.3 Å². The number of aromatic nitrogens is 1. The highest BCUT2D eigenvalue weighted by molar-refractivity contribution is 6.30. The average Bonchev–Trinajstić information content (AvgIpc) is 2.37. The number of nitrogens with zero attached hydrogens (tertiary/aromatic N) is 1. The molecule has 0 radical (unpaired) electrons. The summed E-state index contributed by atoms with van der Waals surface area (Å²) in [5, 5.41) is 7.29. The number of nitrogens with one attached hydrogen (secondary N) is 2. The predicted octanol–water partition coefficient (Wildman–Crippen LogP) is 3.78. The maximum atomic E-state index is 5.95. The van der Waals surface area contributed by atoms with Crippen LogP contribution >= 0.6 is 11.6 Å². The van der Waals surface area contributed by atoms with Gasteiger partial charge in [-0.3, -0.25) is 0 Å². The van der Waals surface area contributed by atoms with E-state index < -0.39 is 0 Å². The van der Waals surface area contributed by atoms with Gasteiger partial charge in [-0.05, 0) is 30.7 Å². The third-order valence-corrected chi connectivity index (χ3v) is 2.74. The summed E-state index contributed by atoms with van der Waals surface area (Å²) in [6, 6.07) is 11.8. The molecule has 0 fully saturated rings. The van der Waals surface area contributed by atoms with Gasteiger partial charge in [0.25, 0.3) is 0 Å². The van der Waals surface area contributed by atoms with Gasteiger partial charge in [0.2, 0.25) is 0 Å². The lowest BCUT2D eigenvalue weighted by molar-refractivity contribution is 1.13. The van der Waals surface area contributed by atoms with Crippen molar-refractivity contribution < 1.29 is 0 Å². The summed E-state index contributed by atoms with van der Waals surface area (Å²) in [4.78, 5) is 4.23. The highest BCUT2D eigenvalue weighted by Crippen LogP contribution is 2.15. The third-order valence-electron chi connectivity index (χ3n) is 2.50. The molecular weight excluding hydrogens is 246 g/mol. The summed E-state index contributed by atoms with van der Waals surface area (Å²) >= 11 is 5.95. The van der Waals surface area contributed by atoms with Gasteiger partial charge in [-0.1, -0.05) is 23.7 Å². The molecule has 0 saturated carbocycles. The third kappa shape index (κ3) is 3.64. The van der Waals surface area contributed by atoms with E-state index in [9.17, 15) is 0 Å². The Morgan fingerprint density at radius 3 is 2.83 bits per heavy atom. The normalized spacial score (nSPS) is 10.1. The molecule has 0 aliphatic rings. The van der Waals surface area contributed by atoms with Gasteiger partial charge < -0.3 is 10.6 Å². The first-order valence-electron chi connectivity index (χ1n) is 5.96. The minimum absolute atomic E-state index is 0.746. The highest BCUT2D eigenvalue weighted by atomic mass is 35.5. The van der Waals surface area contributed by atoms with Gasteiger partial charge in [0.05, 0.1) is 0 Å². The molecule has 2 N–H and O–H groups in total. The first-order chi connectivity index (χ1) is 8.78. The zero-order valence-corrected chi connectivity index (χ0v) is 11.0. The second-order valence-electron chi connectivity index (χ2n) is 3.94. The van der Waals surface area contributed by atoms with Crippen LogP contribution in [-0.2, 0) is 6.54 Å². The zero-order valence-electron chi connectivity index (χ0n) is 10.3. The van der Waals surface area contributed by atoms with E-state index in [1.54, 1.807) is 6.20 Å². The molecule has 0 amide bonds. The molecule has 2 rings (SSSR count). The molecule has 1 aromatic carbocycles. The van der Waals surface area contributed by atoms with Crippen molar-refractivity contribution in [1.29, 1.82) is 0 Å². The van der Waals surface area contributed by atoms with Crippen LogP contribution in [0, 0.1) is 0 Å². The van der Waals surface area contributed by atoms with Crippen LogP contribution < -0.4 is 10.6 Å². The molecule has 0 saturated heterocycles. The number of pyridine rings is 1. The summed E-state index contributed by atoms with van der Waals surface area (Å²) in [6.45, 7) is 3.66. The van der Waals surface area contributed by atoms with E-state index in [2.05, 4.69) is 15.6 Å². The Labute approximate surface area is 112 Å². The van der Waals surface area contributed by atoms with Crippen LogP contribution in [-0.4, -0.2) is 11.5 Å². The number of hydrogen-bond acceptors (Lipinski definition) is 3. The molecule has 0 aliphatic heterocycles. The Kier molecular flexibility index (Phi) is 4.42. The van der Waals surface area contributed by atoms with E-state index >= 15 is 0 Å². The number of anilines is 2. The Morgan fingerprint density at radius 2 is 2.06 bits per heavy atom. The molecule has 18 heavy (non-hydrogen) atoms. The topological polar surface area (TPSA) is 37.0 Å². The van der Waals surface area contributed by atoms with Crippen LogP contribution in [0.1, 0.15) is 12.5 Å². The minimum atomic E-state index is 0.746. The van der Waals surface area contributed by atoms with Crippen molar-refractivity contribution in [1.82, 2.24) is 4.98 Å². The van der Waals surface area contributed by atoms with Crippen molar-refractivity contribution in [3.05, 3.63) is 53.2 Å².